The lowest BCUT2D eigenvalue weighted by molar-refractivity contribution is -0.0353. The minimum atomic E-state index is -4.46. The van der Waals surface area contributed by atoms with Crippen LogP contribution < -0.4 is 0 Å². The molecule has 34 heavy (non-hydrogen) atoms. The zero-order chi connectivity index (χ0) is 24.7. The van der Waals surface area contributed by atoms with E-state index < -0.39 is 7.82 Å². The van der Waals surface area contributed by atoms with Gasteiger partial charge in [-0.1, -0.05) is 121 Å². The highest BCUT2D eigenvalue weighted by molar-refractivity contribution is 7.46. The van der Waals surface area contributed by atoms with E-state index in [1.165, 1.54) is 83.5 Å². The van der Waals surface area contributed by atoms with Crippen LogP contribution in [0.15, 0.2) is 30.3 Å². The zero-order valence-corrected chi connectivity index (χ0v) is 22.3. The molecule has 6 nitrogen and oxygen atoms in total. The van der Waals surface area contributed by atoms with Crippen LogP contribution in [0.25, 0.3) is 0 Å². The van der Waals surface area contributed by atoms with E-state index in [2.05, 4.69) is 11.4 Å². The largest absolute Gasteiger partial charge is 0.469 e. The minimum absolute atomic E-state index is 0.0635. The summed E-state index contributed by atoms with van der Waals surface area (Å²) in [5.74, 6) is 0. The van der Waals surface area contributed by atoms with E-state index in [9.17, 15) is 4.57 Å². The first-order valence-corrected chi connectivity index (χ1v) is 15.0. The first-order valence-electron chi connectivity index (χ1n) is 13.4. The summed E-state index contributed by atoms with van der Waals surface area (Å²) in [6.07, 6.45) is 18.7. The Morgan fingerprint density at radius 3 is 1.82 bits per heavy atom. The third kappa shape index (κ3) is 20.6. The SMILES string of the molecule is CCCCCCCCCCCCCCCCOCC(CCOP(=O)(O)O)OCc1ccccc1. The van der Waals surface area contributed by atoms with Crippen LogP contribution in [0.1, 0.15) is 109 Å². The lowest BCUT2D eigenvalue weighted by Gasteiger charge is -2.18. The summed E-state index contributed by atoms with van der Waals surface area (Å²) in [4.78, 5) is 17.8. The van der Waals surface area contributed by atoms with E-state index in [4.69, 9.17) is 19.3 Å². The molecule has 7 heteroatoms. The van der Waals surface area contributed by atoms with Crippen molar-refractivity contribution in [3.8, 4) is 0 Å². The molecule has 0 bridgehead atoms. The molecule has 1 atom stereocenters. The van der Waals surface area contributed by atoms with Crippen molar-refractivity contribution < 1.29 is 28.3 Å². The van der Waals surface area contributed by atoms with Crippen LogP contribution in [-0.2, 0) is 25.2 Å². The van der Waals surface area contributed by atoms with E-state index >= 15 is 0 Å². The summed E-state index contributed by atoms with van der Waals surface area (Å²) in [6, 6.07) is 9.83. The Morgan fingerprint density at radius 1 is 0.765 bits per heavy atom. The van der Waals surface area contributed by atoms with Gasteiger partial charge in [-0.15, -0.1) is 0 Å². The second kappa shape index (κ2) is 21.5. The summed E-state index contributed by atoms with van der Waals surface area (Å²) in [5.41, 5.74) is 1.05. The van der Waals surface area contributed by atoms with Crippen molar-refractivity contribution >= 4 is 7.82 Å². The maximum Gasteiger partial charge on any atom is 0.469 e. The average molecular weight is 501 g/mol. The van der Waals surface area contributed by atoms with Crippen LogP contribution in [0.4, 0.5) is 0 Å². The Hall–Kier alpha value is -0.750. The van der Waals surface area contributed by atoms with Crippen molar-refractivity contribution in [3.05, 3.63) is 35.9 Å². The number of phosphoric acid groups is 1. The number of rotatable bonds is 24. The summed E-state index contributed by atoms with van der Waals surface area (Å²) in [5, 5.41) is 0. The van der Waals surface area contributed by atoms with Gasteiger partial charge in [0.2, 0.25) is 0 Å². The van der Waals surface area contributed by atoms with Gasteiger partial charge < -0.3 is 19.3 Å². The summed E-state index contributed by atoms with van der Waals surface area (Å²) in [6.45, 7) is 3.72. The van der Waals surface area contributed by atoms with Crippen molar-refractivity contribution in [1.82, 2.24) is 0 Å². The molecule has 0 fully saturated rings. The van der Waals surface area contributed by atoms with Crippen LogP contribution in [0.5, 0.6) is 0 Å². The number of hydrogen-bond acceptors (Lipinski definition) is 4. The molecule has 0 spiro atoms. The fourth-order valence-corrected chi connectivity index (χ4v) is 4.26. The van der Waals surface area contributed by atoms with Crippen LogP contribution in [0.3, 0.4) is 0 Å². The van der Waals surface area contributed by atoms with E-state index in [-0.39, 0.29) is 12.7 Å². The maximum atomic E-state index is 10.9. The van der Waals surface area contributed by atoms with Crippen LogP contribution in [0, 0.1) is 0 Å². The number of hydrogen-bond donors (Lipinski definition) is 2. The third-order valence-corrected chi connectivity index (χ3v) is 6.49. The van der Waals surface area contributed by atoms with Crippen molar-refractivity contribution in [2.45, 2.75) is 116 Å². The molecule has 0 aliphatic heterocycles. The van der Waals surface area contributed by atoms with E-state index in [0.717, 1.165) is 12.0 Å². The molecule has 0 saturated heterocycles. The molecule has 1 aromatic carbocycles. The standard InChI is InChI=1S/C27H49O6P/c1-2-3-4-5-6-7-8-9-10-11-12-13-14-18-22-31-25-27(21-23-33-34(28,29)30)32-24-26-19-16-15-17-20-26/h15-17,19-20,27H,2-14,18,21-25H2,1H3,(H2,28,29,30). The minimum Gasteiger partial charge on any atom is -0.379 e. The van der Waals surface area contributed by atoms with Crippen LogP contribution in [-0.4, -0.2) is 35.7 Å². The molecule has 1 aromatic rings. The second-order valence-corrected chi connectivity index (χ2v) is 10.4. The fourth-order valence-electron chi connectivity index (χ4n) is 3.92. The van der Waals surface area contributed by atoms with Gasteiger partial charge in [0.05, 0.1) is 25.9 Å². The molecule has 0 radical (unpaired) electrons. The highest BCUT2D eigenvalue weighted by Crippen LogP contribution is 2.35. The predicted molar refractivity (Wildman–Crippen MR) is 139 cm³/mol. The lowest BCUT2D eigenvalue weighted by Crippen LogP contribution is -2.22. The van der Waals surface area contributed by atoms with Gasteiger partial charge in [0, 0.05) is 6.61 Å². The topological polar surface area (TPSA) is 85.2 Å². The second-order valence-electron chi connectivity index (χ2n) is 9.20. The van der Waals surface area contributed by atoms with Crippen molar-refractivity contribution in [3.63, 3.8) is 0 Å². The Morgan fingerprint density at radius 2 is 1.29 bits per heavy atom. The number of unbranched alkanes of at least 4 members (excludes halogenated alkanes) is 13. The quantitative estimate of drug-likeness (QED) is 0.112. The number of phosphoric ester groups is 1. The summed E-state index contributed by atoms with van der Waals surface area (Å²) in [7, 11) is -4.46. The molecule has 1 rings (SSSR count). The Kier molecular flexibility index (Phi) is 19.8. The van der Waals surface area contributed by atoms with Gasteiger partial charge >= 0.3 is 7.82 Å². The van der Waals surface area contributed by atoms with Gasteiger partial charge in [0.1, 0.15) is 0 Å². The molecular formula is C27H49O6P. The van der Waals surface area contributed by atoms with Gasteiger partial charge in [0.15, 0.2) is 0 Å². The Labute approximate surface area is 208 Å². The van der Waals surface area contributed by atoms with Crippen LogP contribution >= 0.6 is 7.82 Å². The van der Waals surface area contributed by atoms with Gasteiger partial charge in [-0.3, -0.25) is 4.52 Å². The van der Waals surface area contributed by atoms with Crippen LogP contribution in [0.2, 0.25) is 0 Å². The Balaban J connectivity index is 2.02. The summed E-state index contributed by atoms with van der Waals surface area (Å²) < 4.78 is 27.2. The highest BCUT2D eigenvalue weighted by atomic mass is 31.2. The average Bonchev–Trinajstić information content (AvgIpc) is 2.81. The molecular weight excluding hydrogens is 451 g/mol. The van der Waals surface area contributed by atoms with E-state index in [0.29, 0.717) is 26.2 Å². The molecule has 0 heterocycles. The molecule has 1 unspecified atom stereocenters. The molecule has 2 N–H and O–H groups in total. The normalized spacial score (nSPS) is 12.8. The molecule has 0 aliphatic carbocycles. The van der Waals surface area contributed by atoms with Gasteiger partial charge in [0.25, 0.3) is 0 Å². The lowest BCUT2D eigenvalue weighted by atomic mass is 10.0. The monoisotopic (exact) mass is 500 g/mol. The van der Waals surface area contributed by atoms with E-state index in [1.807, 2.05) is 30.3 Å². The first kappa shape index (κ1) is 31.3. The number of benzene rings is 1. The molecule has 0 aromatic heterocycles. The maximum absolute atomic E-state index is 10.9. The number of ether oxygens (including phenoxy) is 2. The summed E-state index contributed by atoms with van der Waals surface area (Å²) >= 11 is 0. The highest BCUT2D eigenvalue weighted by Gasteiger charge is 2.16. The molecule has 0 amide bonds. The zero-order valence-electron chi connectivity index (χ0n) is 21.4. The molecule has 0 aliphatic rings. The Bertz CT molecular complexity index is 606. The van der Waals surface area contributed by atoms with Crippen molar-refractivity contribution in [2.24, 2.45) is 0 Å². The fraction of sp³-hybridized carbons (Fsp3) is 0.778. The van der Waals surface area contributed by atoms with Gasteiger partial charge in [-0.2, -0.15) is 0 Å². The predicted octanol–water partition coefficient (Wildman–Crippen LogP) is 7.57. The third-order valence-electron chi connectivity index (χ3n) is 5.97. The first-order chi connectivity index (χ1) is 16.5. The van der Waals surface area contributed by atoms with Crippen molar-refractivity contribution in [2.75, 3.05) is 19.8 Å². The van der Waals surface area contributed by atoms with Crippen molar-refractivity contribution in [1.29, 1.82) is 0 Å². The molecule has 198 valence electrons. The molecule has 0 saturated carbocycles. The van der Waals surface area contributed by atoms with Gasteiger partial charge in [-0.05, 0) is 18.4 Å². The smallest absolute Gasteiger partial charge is 0.379 e. The van der Waals surface area contributed by atoms with E-state index in [1.54, 1.807) is 0 Å². The van der Waals surface area contributed by atoms with Gasteiger partial charge in [-0.25, -0.2) is 4.57 Å².